The van der Waals surface area contributed by atoms with Gasteiger partial charge in [-0.15, -0.1) is 9.42 Å². The molecule has 0 aliphatic rings. The van der Waals surface area contributed by atoms with Crippen LogP contribution in [0.2, 0.25) is 0 Å². The van der Waals surface area contributed by atoms with Gasteiger partial charge < -0.3 is 0 Å². The summed E-state index contributed by atoms with van der Waals surface area (Å²) in [4.78, 5) is 8.28. The van der Waals surface area contributed by atoms with Crippen LogP contribution in [0.5, 0.6) is 0 Å². The summed E-state index contributed by atoms with van der Waals surface area (Å²) in [6, 6.07) is 0. The molecule has 0 bridgehead atoms. The Kier molecular flexibility index (Phi) is 15.4. The second kappa shape index (κ2) is 12.5. The van der Waals surface area contributed by atoms with Gasteiger partial charge in [0.15, 0.2) is 0 Å². The van der Waals surface area contributed by atoms with E-state index in [0.29, 0.717) is 6.61 Å². The molecule has 0 aliphatic heterocycles. The first kappa shape index (κ1) is 16.0. The van der Waals surface area contributed by atoms with Crippen molar-refractivity contribution in [2.24, 2.45) is 0 Å². The molecule has 1 N–H and O–H groups in total. The molecule has 0 fully saturated rings. The molecule has 5 heteroatoms. The van der Waals surface area contributed by atoms with Gasteiger partial charge in [-0.25, -0.2) is 0 Å². The fourth-order valence-corrected chi connectivity index (χ4v) is 1.31. The molecule has 1 atom stereocenters. The van der Waals surface area contributed by atoms with E-state index in [1.165, 1.54) is 25.7 Å². The molecule has 3 nitrogen and oxygen atoms in total. The summed E-state index contributed by atoms with van der Waals surface area (Å²) in [5.41, 5.74) is 0. The second-order valence-corrected chi connectivity index (χ2v) is 3.57. The van der Waals surface area contributed by atoms with Crippen LogP contribution in [0.1, 0.15) is 45.4 Å². The molecule has 0 saturated carbocycles. The number of unbranched alkanes of at least 4 members (excludes halogenated alkanes) is 5. The molecule has 0 aromatic rings. The fraction of sp³-hybridized carbons (Fsp3) is 1.00. The standard InChI is InChI=1S/C8H17O3P.Ni/c1-2-3-4-5-6-7-8-11-12(9)10;/h2-8H2,1H3;/p+1. The van der Waals surface area contributed by atoms with Crippen LogP contribution in [0.4, 0.5) is 0 Å². The van der Waals surface area contributed by atoms with Crippen molar-refractivity contribution in [3.05, 3.63) is 0 Å². The van der Waals surface area contributed by atoms with Gasteiger partial charge in [0.25, 0.3) is 0 Å². The fourth-order valence-electron chi connectivity index (χ4n) is 1.03. The SMILES string of the molecule is CCCCCCCCO[P+](=O)O.[Ni]. The third-order valence-corrected chi connectivity index (χ3v) is 2.10. The van der Waals surface area contributed by atoms with E-state index < -0.39 is 8.25 Å². The molecule has 0 amide bonds. The van der Waals surface area contributed by atoms with E-state index in [1.807, 2.05) is 0 Å². The molecule has 0 saturated heterocycles. The Labute approximate surface area is 91.1 Å². The third-order valence-electron chi connectivity index (χ3n) is 1.70. The largest absolute Gasteiger partial charge is 0.694 e. The first-order valence-electron chi connectivity index (χ1n) is 4.56. The van der Waals surface area contributed by atoms with E-state index in [9.17, 15) is 4.57 Å². The predicted octanol–water partition coefficient (Wildman–Crippen LogP) is 3.01. The summed E-state index contributed by atoms with van der Waals surface area (Å²) < 4.78 is 14.6. The number of hydrogen-bond acceptors (Lipinski definition) is 2. The van der Waals surface area contributed by atoms with Gasteiger partial charge in [-0.3, -0.25) is 0 Å². The summed E-state index contributed by atoms with van der Waals surface area (Å²) in [5.74, 6) is 0. The van der Waals surface area contributed by atoms with Crippen LogP contribution in [0, 0.1) is 0 Å². The van der Waals surface area contributed by atoms with Gasteiger partial charge in [-0.05, 0) is 6.42 Å². The van der Waals surface area contributed by atoms with Gasteiger partial charge >= 0.3 is 8.25 Å². The van der Waals surface area contributed by atoms with Gasteiger partial charge in [0.1, 0.15) is 6.61 Å². The maximum absolute atomic E-state index is 10.1. The maximum atomic E-state index is 10.1. The van der Waals surface area contributed by atoms with Gasteiger partial charge in [0.2, 0.25) is 0 Å². The van der Waals surface area contributed by atoms with E-state index in [1.54, 1.807) is 0 Å². The van der Waals surface area contributed by atoms with Crippen molar-refractivity contribution in [2.45, 2.75) is 45.4 Å². The van der Waals surface area contributed by atoms with Gasteiger partial charge in [0.05, 0.1) is 0 Å². The first-order chi connectivity index (χ1) is 5.77. The van der Waals surface area contributed by atoms with Gasteiger partial charge in [-0.1, -0.05) is 39.0 Å². The smallest absolute Gasteiger partial charge is 0.133 e. The minimum Gasteiger partial charge on any atom is -0.133 e. The number of hydrogen-bond donors (Lipinski definition) is 1. The zero-order valence-electron chi connectivity index (χ0n) is 7.98. The van der Waals surface area contributed by atoms with Gasteiger partial charge in [0, 0.05) is 21.1 Å². The molecule has 0 aliphatic carbocycles. The summed E-state index contributed by atoms with van der Waals surface area (Å²) in [7, 11) is -2.38. The maximum Gasteiger partial charge on any atom is 0.694 e. The number of rotatable bonds is 8. The van der Waals surface area contributed by atoms with Crippen molar-refractivity contribution in [2.75, 3.05) is 6.61 Å². The van der Waals surface area contributed by atoms with E-state index in [0.717, 1.165) is 12.8 Å². The summed E-state index contributed by atoms with van der Waals surface area (Å²) >= 11 is 0. The zero-order chi connectivity index (χ0) is 9.23. The Hall–Kier alpha value is 0.514. The normalized spacial score (nSPS) is 10.8. The van der Waals surface area contributed by atoms with Crippen LogP contribution in [-0.4, -0.2) is 11.5 Å². The Balaban J connectivity index is 0. The zero-order valence-corrected chi connectivity index (χ0v) is 9.86. The molecule has 0 heterocycles. The Morgan fingerprint density at radius 3 is 2.23 bits per heavy atom. The quantitative estimate of drug-likeness (QED) is 0.410. The average molecular weight is 252 g/mol. The monoisotopic (exact) mass is 251 g/mol. The first-order valence-corrected chi connectivity index (χ1v) is 5.69. The Bertz CT molecular complexity index is 122. The molecule has 0 aromatic heterocycles. The van der Waals surface area contributed by atoms with Crippen molar-refractivity contribution >= 4 is 8.25 Å². The molecule has 1 unspecified atom stereocenters. The van der Waals surface area contributed by atoms with E-state index in [-0.39, 0.29) is 16.5 Å². The molecule has 82 valence electrons. The third kappa shape index (κ3) is 15.3. The van der Waals surface area contributed by atoms with E-state index in [4.69, 9.17) is 4.89 Å². The summed E-state index contributed by atoms with van der Waals surface area (Å²) in [6.45, 7) is 2.59. The van der Waals surface area contributed by atoms with Crippen LogP contribution >= 0.6 is 8.25 Å². The topological polar surface area (TPSA) is 46.5 Å². The Morgan fingerprint density at radius 1 is 1.15 bits per heavy atom. The van der Waals surface area contributed by atoms with Crippen molar-refractivity contribution in [1.82, 2.24) is 0 Å². The van der Waals surface area contributed by atoms with Crippen LogP contribution in [-0.2, 0) is 25.6 Å². The van der Waals surface area contributed by atoms with Crippen LogP contribution in [0.3, 0.4) is 0 Å². The minimum atomic E-state index is -2.38. The molecule has 0 rings (SSSR count). The van der Waals surface area contributed by atoms with E-state index >= 15 is 0 Å². The van der Waals surface area contributed by atoms with Crippen molar-refractivity contribution in [3.8, 4) is 0 Å². The van der Waals surface area contributed by atoms with Crippen LogP contribution in [0.15, 0.2) is 0 Å². The molecular weight excluding hydrogens is 234 g/mol. The molecular formula is C8H18NiO3P+. The summed E-state index contributed by atoms with van der Waals surface area (Å²) in [5, 5.41) is 0. The molecule has 0 spiro atoms. The van der Waals surface area contributed by atoms with Crippen molar-refractivity contribution in [1.29, 1.82) is 0 Å². The van der Waals surface area contributed by atoms with Crippen molar-refractivity contribution in [3.63, 3.8) is 0 Å². The van der Waals surface area contributed by atoms with E-state index in [2.05, 4.69) is 11.4 Å². The Morgan fingerprint density at radius 2 is 1.69 bits per heavy atom. The average Bonchev–Trinajstić information content (AvgIpc) is 2.02. The van der Waals surface area contributed by atoms with Crippen LogP contribution in [0.25, 0.3) is 0 Å². The van der Waals surface area contributed by atoms with Gasteiger partial charge in [-0.2, -0.15) is 0 Å². The predicted molar refractivity (Wildman–Crippen MR) is 49.2 cm³/mol. The van der Waals surface area contributed by atoms with Crippen molar-refractivity contribution < 1.29 is 30.5 Å². The second-order valence-electron chi connectivity index (χ2n) is 2.84. The minimum absolute atomic E-state index is 0. The molecule has 0 aromatic carbocycles. The van der Waals surface area contributed by atoms with Crippen LogP contribution < -0.4 is 0 Å². The molecule has 13 heavy (non-hydrogen) atoms. The molecule has 0 radical (unpaired) electrons. The summed E-state index contributed by atoms with van der Waals surface area (Å²) in [6.07, 6.45) is 7.00.